The Morgan fingerprint density at radius 1 is 0.941 bits per heavy atom. The van der Waals surface area contributed by atoms with Gasteiger partial charge in [-0.2, -0.15) is 4.98 Å². The van der Waals surface area contributed by atoms with Gasteiger partial charge in [-0.05, 0) is 59.2 Å². The molecule has 2 aliphatic rings. The summed E-state index contributed by atoms with van der Waals surface area (Å²) >= 11 is 1.51. The summed E-state index contributed by atoms with van der Waals surface area (Å²) in [5.74, 6) is 2.26. The summed E-state index contributed by atoms with van der Waals surface area (Å²) in [5.41, 5.74) is 2.59. The molecular weight excluding hydrogens is 442 g/mol. The highest BCUT2D eigenvalue weighted by molar-refractivity contribution is 8.00. The molecule has 1 aromatic heterocycles. The second-order valence-corrected chi connectivity index (χ2v) is 11.1. The highest BCUT2D eigenvalue weighted by atomic mass is 32.2. The molecule has 0 atom stereocenters. The predicted molar refractivity (Wildman–Crippen MR) is 140 cm³/mol. The van der Waals surface area contributed by atoms with Crippen LogP contribution in [0.2, 0.25) is 0 Å². The van der Waals surface area contributed by atoms with Gasteiger partial charge in [0.25, 0.3) is 0 Å². The Morgan fingerprint density at radius 2 is 1.62 bits per heavy atom. The van der Waals surface area contributed by atoms with Crippen LogP contribution < -0.4 is 19.7 Å². The Labute approximate surface area is 206 Å². The van der Waals surface area contributed by atoms with E-state index in [2.05, 4.69) is 71.9 Å². The fourth-order valence-electron chi connectivity index (χ4n) is 4.99. The lowest BCUT2D eigenvalue weighted by atomic mass is 10.0. The lowest BCUT2D eigenvalue weighted by Gasteiger charge is -2.29. The van der Waals surface area contributed by atoms with Gasteiger partial charge >= 0.3 is 0 Å². The molecule has 0 amide bonds. The molecule has 178 valence electrons. The molecule has 2 fully saturated rings. The number of aromatic nitrogens is 2. The number of piperazine rings is 1. The lowest BCUT2D eigenvalue weighted by Crippen LogP contribution is -2.43. The second-order valence-electron chi connectivity index (χ2n) is 10.2. The number of ether oxygens (including phenoxy) is 1. The van der Waals surface area contributed by atoms with E-state index in [1.54, 1.807) is 0 Å². The summed E-state index contributed by atoms with van der Waals surface area (Å²) in [4.78, 5) is 13.1. The first-order valence-corrected chi connectivity index (χ1v) is 12.8. The molecule has 0 radical (unpaired) electrons. The minimum atomic E-state index is 0.174. The highest BCUT2D eigenvalue weighted by Gasteiger charge is 2.66. The summed E-state index contributed by atoms with van der Waals surface area (Å²) in [6.45, 7) is 13.3. The van der Waals surface area contributed by atoms with Crippen LogP contribution in [0.1, 0.15) is 39.3 Å². The zero-order chi connectivity index (χ0) is 23.8. The van der Waals surface area contributed by atoms with Crippen molar-refractivity contribution in [3.8, 4) is 11.6 Å². The van der Waals surface area contributed by atoms with Gasteiger partial charge in [0.2, 0.25) is 11.8 Å². The zero-order valence-corrected chi connectivity index (χ0v) is 21.2. The van der Waals surface area contributed by atoms with Crippen molar-refractivity contribution >= 4 is 23.6 Å². The topological polar surface area (TPSA) is 62.3 Å². The molecule has 0 bridgehead atoms. The van der Waals surface area contributed by atoms with Gasteiger partial charge in [-0.1, -0.05) is 45.9 Å². The summed E-state index contributed by atoms with van der Waals surface area (Å²) in [7, 11) is 0. The molecule has 1 aliphatic carbocycles. The molecule has 2 aromatic carbocycles. The first-order chi connectivity index (χ1) is 16.3. The normalized spacial score (nSPS) is 19.0. The molecule has 1 saturated heterocycles. The smallest absolute Gasteiger partial charge is 0.236 e. The van der Waals surface area contributed by atoms with Crippen LogP contribution in [-0.4, -0.2) is 36.1 Å². The van der Waals surface area contributed by atoms with Crippen LogP contribution >= 0.6 is 11.9 Å². The summed E-state index contributed by atoms with van der Waals surface area (Å²) < 4.78 is 9.56. The third kappa shape index (κ3) is 4.59. The van der Waals surface area contributed by atoms with Gasteiger partial charge in [0.05, 0.1) is 5.69 Å². The Bertz CT molecular complexity index is 1110. The Morgan fingerprint density at radius 3 is 2.26 bits per heavy atom. The van der Waals surface area contributed by atoms with E-state index in [0.29, 0.717) is 17.7 Å². The van der Waals surface area contributed by atoms with E-state index in [9.17, 15) is 0 Å². The Balaban J connectivity index is 1.37. The number of hydrogen-bond donors (Lipinski definition) is 2. The van der Waals surface area contributed by atoms with Gasteiger partial charge in [0, 0.05) is 48.7 Å². The van der Waals surface area contributed by atoms with E-state index in [0.717, 1.165) is 42.5 Å². The molecule has 0 spiro atoms. The Kier molecular flexibility index (Phi) is 6.16. The van der Waals surface area contributed by atoms with E-state index in [4.69, 9.17) is 9.72 Å². The van der Waals surface area contributed by atoms with Gasteiger partial charge in [-0.15, -0.1) is 0 Å². The predicted octanol–water partition coefficient (Wildman–Crippen LogP) is 5.95. The van der Waals surface area contributed by atoms with Crippen molar-refractivity contribution in [2.24, 2.45) is 10.8 Å². The standard InChI is InChI=1S/C27H33N5OS/c1-26(2)24(27(26,3)4)22-18-23(30-25(29-22)31-34-21-8-6-5-7-9-21)33-20-12-10-19(11-13-20)32-16-14-28-15-17-32/h5-13,18,24,28H,14-17H2,1-4H3,(H,29,30,31). The average Bonchev–Trinajstić information content (AvgIpc) is 3.27. The largest absolute Gasteiger partial charge is 0.439 e. The van der Waals surface area contributed by atoms with Gasteiger partial charge in [-0.25, -0.2) is 4.98 Å². The van der Waals surface area contributed by atoms with Gasteiger partial charge in [-0.3, -0.25) is 4.72 Å². The number of rotatable bonds is 7. The molecule has 6 nitrogen and oxygen atoms in total. The molecule has 3 aromatic rings. The minimum absolute atomic E-state index is 0.174. The summed E-state index contributed by atoms with van der Waals surface area (Å²) in [6, 6.07) is 20.5. The van der Waals surface area contributed by atoms with Crippen LogP contribution in [-0.2, 0) is 0 Å². The van der Waals surface area contributed by atoms with Crippen molar-refractivity contribution in [3.05, 3.63) is 66.4 Å². The molecule has 5 rings (SSSR count). The van der Waals surface area contributed by atoms with Crippen molar-refractivity contribution in [3.63, 3.8) is 0 Å². The molecule has 34 heavy (non-hydrogen) atoms. The lowest BCUT2D eigenvalue weighted by molar-refractivity contribution is 0.457. The molecule has 1 aliphatic heterocycles. The molecule has 2 heterocycles. The van der Waals surface area contributed by atoms with Crippen LogP contribution in [0.3, 0.4) is 0 Å². The maximum absolute atomic E-state index is 6.24. The molecular formula is C27H33N5OS. The maximum Gasteiger partial charge on any atom is 0.236 e. The second kappa shape index (κ2) is 9.12. The van der Waals surface area contributed by atoms with Gasteiger partial charge in [0.15, 0.2) is 0 Å². The SMILES string of the molecule is CC1(C)C(c2cc(Oc3ccc(N4CCNCC4)cc3)nc(NSc3ccccc3)n2)C1(C)C. The summed E-state index contributed by atoms with van der Waals surface area (Å²) in [5, 5.41) is 3.40. The van der Waals surface area contributed by atoms with Crippen LogP contribution in [0.15, 0.2) is 65.6 Å². The molecule has 1 saturated carbocycles. The number of anilines is 2. The third-order valence-electron chi connectivity index (χ3n) is 7.58. The van der Waals surface area contributed by atoms with E-state index in [1.165, 1.54) is 17.6 Å². The summed E-state index contributed by atoms with van der Waals surface area (Å²) in [6.07, 6.45) is 0. The molecule has 7 heteroatoms. The number of benzene rings is 2. The van der Waals surface area contributed by atoms with Crippen molar-refractivity contribution in [2.75, 3.05) is 35.8 Å². The van der Waals surface area contributed by atoms with E-state index in [-0.39, 0.29) is 10.8 Å². The fourth-order valence-corrected chi connectivity index (χ4v) is 5.58. The van der Waals surface area contributed by atoms with Gasteiger partial charge < -0.3 is 15.0 Å². The maximum atomic E-state index is 6.24. The van der Waals surface area contributed by atoms with E-state index >= 15 is 0 Å². The quantitative estimate of drug-likeness (QED) is 0.410. The number of nitrogens with one attached hydrogen (secondary N) is 2. The van der Waals surface area contributed by atoms with Crippen molar-refractivity contribution in [1.82, 2.24) is 15.3 Å². The van der Waals surface area contributed by atoms with Crippen molar-refractivity contribution in [2.45, 2.75) is 38.5 Å². The zero-order valence-electron chi connectivity index (χ0n) is 20.3. The number of nitrogens with zero attached hydrogens (tertiary/aromatic N) is 3. The first kappa shape index (κ1) is 23.0. The van der Waals surface area contributed by atoms with Crippen LogP contribution in [0.5, 0.6) is 11.6 Å². The van der Waals surface area contributed by atoms with Crippen LogP contribution in [0, 0.1) is 10.8 Å². The fraction of sp³-hybridized carbons (Fsp3) is 0.407. The van der Waals surface area contributed by atoms with Crippen LogP contribution in [0.25, 0.3) is 0 Å². The molecule has 2 N–H and O–H groups in total. The van der Waals surface area contributed by atoms with E-state index in [1.807, 2.05) is 36.4 Å². The van der Waals surface area contributed by atoms with Crippen molar-refractivity contribution in [1.29, 1.82) is 0 Å². The van der Waals surface area contributed by atoms with E-state index < -0.39 is 0 Å². The molecule has 0 unspecified atom stereocenters. The van der Waals surface area contributed by atoms with Crippen molar-refractivity contribution < 1.29 is 4.74 Å². The number of hydrogen-bond acceptors (Lipinski definition) is 7. The Hall–Kier alpha value is -2.77. The monoisotopic (exact) mass is 475 g/mol. The highest BCUT2D eigenvalue weighted by Crippen LogP contribution is 2.73. The van der Waals surface area contributed by atoms with Gasteiger partial charge in [0.1, 0.15) is 5.75 Å². The third-order valence-corrected chi connectivity index (χ3v) is 8.38. The first-order valence-electron chi connectivity index (χ1n) is 11.9. The average molecular weight is 476 g/mol. The van der Waals surface area contributed by atoms with Crippen LogP contribution in [0.4, 0.5) is 11.6 Å². The minimum Gasteiger partial charge on any atom is -0.439 e.